The lowest BCUT2D eigenvalue weighted by Gasteiger charge is -2.20. The largest absolute Gasteiger partial charge is 0.388 e. The molecule has 8 rings (SSSR count). The fourth-order valence-electron chi connectivity index (χ4n) is 9.18. The quantitative estimate of drug-likeness (QED) is 0.0848. The summed E-state index contributed by atoms with van der Waals surface area (Å²) in [6, 6.07) is -2.42. The molecule has 6 heterocycles. The highest BCUT2D eigenvalue weighted by molar-refractivity contribution is 5.84. The number of rotatable bonds is 12. The average Bonchev–Trinajstić information content (AvgIpc) is 4.07. The number of nitrogen functional groups attached to an aromatic ring is 2. The van der Waals surface area contributed by atoms with Gasteiger partial charge in [0.2, 0.25) is 23.7 Å². The predicted molar refractivity (Wildman–Crippen MR) is 210 cm³/mol. The van der Waals surface area contributed by atoms with Crippen molar-refractivity contribution in [2.75, 3.05) is 47.4 Å². The number of nitrogens with two attached hydrogens (primary N) is 2. The Hall–Kier alpha value is -5.25. The van der Waals surface area contributed by atoms with Crippen molar-refractivity contribution >= 4 is 63.5 Å². The van der Waals surface area contributed by atoms with Crippen LogP contribution >= 0.6 is 0 Å². The Labute approximate surface area is 333 Å². The number of aliphatic hydroxyl groups is 4. The maximum atomic E-state index is 13.4. The lowest BCUT2D eigenvalue weighted by Crippen LogP contribution is -2.42. The number of Topliss-reactive ketones (excluding diaryl/α,β-unsaturated/α-hetero) is 1. The molecule has 2 amide bonds. The minimum Gasteiger partial charge on any atom is -0.388 e. The molecular formula is C37H52N14O7. The van der Waals surface area contributed by atoms with Crippen molar-refractivity contribution in [1.29, 1.82) is 0 Å². The van der Waals surface area contributed by atoms with E-state index in [4.69, 9.17) is 21.4 Å². The van der Waals surface area contributed by atoms with Crippen LogP contribution in [0.15, 0.2) is 12.7 Å². The maximum absolute atomic E-state index is 13.4. The van der Waals surface area contributed by atoms with Gasteiger partial charge >= 0.3 is 0 Å². The number of carbonyl (C=O) groups is 3. The van der Waals surface area contributed by atoms with Crippen LogP contribution in [0.25, 0.3) is 22.3 Å². The lowest BCUT2D eigenvalue weighted by molar-refractivity contribution is -0.123. The van der Waals surface area contributed by atoms with Crippen molar-refractivity contribution in [2.45, 2.75) is 114 Å². The van der Waals surface area contributed by atoms with Crippen molar-refractivity contribution in [3.8, 4) is 0 Å². The summed E-state index contributed by atoms with van der Waals surface area (Å²) in [5.41, 5.74) is 14.3. The molecule has 10 atom stereocenters. The molecule has 10 N–H and O–H groups in total. The van der Waals surface area contributed by atoms with Gasteiger partial charge in [0.15, 0.2) is 22.9 Å². The number of carbonyl (C=O) groups excluding carboxylic acids is 3. The number of imidazole rings is 2. The molecule has 0 bridgehead atoms. The zero-order valence-corrected chi connectivity index (χ0v) is 32.6. The van der Waals surface area contributed by atoms with E-state index in [2.05, 4.69) is 30.6 Å². The van der Waals surface area contributed by atoms with E-state index >= 15 is 0 Å². The monoisotopic (exact) mass is 804 g/mol. The highest BCUT2D eigenvalue weighted by Gasteiger charge is 2.45. The smallest absolute Gasteiger partial charge is 0.229 e. The van der Waals surface area contributed by atoms with Crippen molar-refractivity contribution in [2.24, 2.45) is 11.8 Å². The van der Waals surface area contributed by atoms with E-state index in [1.807, 2.05) is 9.80 Å². The summed E-state index contributed by atoms with van der Waals surface area (Å²) in [4.78, 5) is 68.9. The molecule has 2 saturated heterocycles. The van der Waals surface area contributed by atoms with Gasteiger partial charge in [-0.2, -0.15) is 19.9 Å². The number of fused-ring (bicyclic) bond motifs is 2. The van der Waals surface area contributed by atoms with Gasteiger partial charge in [-0.05, 0) is 37.5 Å². The Morgan fingerprint density at radius 2 is 1.09 bits per heavy atom. The van der Waals surface area contributed by atoms with Gasteiger partial charge in [-0.15, -0.1) is 0 Å². The summed E-state index contributed by atoms with van der Waals surface area (Å²) in [6.45, 7) is 5.84. The zero-order valence-electron chi connectivity index (χ0n) is 32.6. The lowest BCUT2D eigenvalue weighted by atomic mass is 9.94. The molecule has 0 spiro atoms. The van der Waals surface area contributed by atoms with E-state index in [0.29, 0.717) is 73.2 Å². The summed E-state index contributed by atoms with van der Waals surface area (Å²) in [6.07, 6.45) is 1.87. The molecule has 4 aromatic heterocycles. The Kier molecular flexibility index (Phi) is 10.8. The van der Waals surface area contributed by atoms with Gasteiger partial charge in [0.05, 0.1) is 36.8 Å². The molecule has 312 valence electrons. The summed E-state index contributed by atoms with van der Waals surface area (Å²) in [5.74, 6) is 1.09. The average molecular weight is 805 g/mol. The van der Waals surface area contributed by atoms with E-state index in [0.717, 1.165) is 12.8 Å². The van der Waals surface area contributed by atoms with Crippen LogP contribution in [0.4, 0.5) is 23.5 Å². The number of hydrogen-bond acceptors (Lipinski definition) is 17. The third-order valence-electron chi connectivity index (χ3n) is 12.4. The standard InChI is InChI=1S/C37H52N14O7/c1-3-24(53)42-20-11-22(30(57)28(20)55)50-15-40-26-32(38)44-36(46-34(26)50)48-7-5-17(13-48)9-19(52)10-18-6-8-49(14-18)37-45-33(39)27-35(47-37)51(16-41-27)23-12-21(29(56)31(23)58)43-25(54)4-2/h15-18,20-23,28-31,55-58H,3-14H2,1-2H3,(H,42,53)(H,43,54)(H2,38,44,46)(H2,39,45,47)/t17-,18-,20-,21-,22+,23+,28+,29+,30-,31-/m0/s1. The fraction of sp³-hybridized carbons (Fsp3) is 0.649. The minimum absolute atomic E-state index is 0.0929. The maximum Gasteiger partial charge on any atom is 0.229 e. The van der Waals surface area contributed by atoms with Crippen LogP contribution in [0.3, 0.4) is 0 Å². The molecule has 2 aliphatic heterocycles. The van der Waals surface area contributed by atoms with Crippen LogP contribution in [-0.4, -0.2) is 140 Å². The van der Waals surface area contributed by atoms with Crippen molar-refractivity contribution in [1.82, 2.24) is 49.7 Å². The summed E-state index contributed by atoms with van der Waals surface area (Å²) in [7, 11) is 0. The number of nitrogens with one attached hydrogen (secondary N) is 2. The molecule has 4 fully saturated rings. The first-order valence-corrected chi connectivity index (χ1v) is 20.2. The number of hydrogen-bond donors (Lipinski definition) is 8. The van der Waals surface area contributed by atoms with Gasteiger partial charge in [0, 0.05) is 51.9 Å². The van der Waals surface area contributed by atoms with Crippen LogP contribution in [0.2, 0.25) is 0 Å². The predicted octanol–water partition coefficient (Wildman–Crippen LogP) is -1.04. The van der Waals surface area contributed by atoms with E-state index in [-0.39, 0.29) is 66.8 Å². The molecule has 21 heteroatoms. The molecule has 21 nitrogen and oxygen atoms in total. The number of anilines is 4. The molecule has 0 aromatic carbocycles. The molecule has 0 unspecified atom stereocenters. The van der Waals surface area contributed by atoms with Gasteiger partial charge in [-0.3, -0.25) is 14.4 Å². The van der Waals surface area contributed by atoms with Crippen LogP contribution < -0.4 is 31.9 Å². The third-order valence-corrected chi connectivity index (χ3v) is 12.4. The Bertz CT molecular complexity index is 2050. The highest BCUT2D eigenvalue weighted by atomic mass is 16.3. The summed E-state index contributed by atoms with van der Waals surface area (Å²) >= 11 is 0. The van der Waals surface area contributed by atoms with E-state index in [1.165, 1.54) is 12.7 Å². The number of ketones is 1. The van der Waals surface area contributed by atoms with Crippen molar-refractivity contribution in [3.63, 3.8) is 0 Å². The molecule has 2 saturated carbocycles. The molecular weight excluding hydrogens is 752 g/mol. The fourth-order valence-corrected chi connectivity index (χ4v) is 9.18. The molecule has 0 radical (unpaired) electrons. The van der Waals surface area contributed by atoms with Crippen LogP contribution in [0.5, 0.6) is 0 Å². The SMILES string of the molecule is CCC(=O)N[C@H]1C[C@@H](n2cnc3c(N)nc(N4CC[C@@H](CC(=O)C[C@@H]5CCN(c6nc(N)c7ncn([C@@H]8C[C@H](NC(=O)CC)[C@@H](O)[C@H]8O)c7n6)C5)C4)nc32)[C@H](O)[C@@H]1O. The van der Waals surface area contributed by atoms with Gasteiger partial charge in [0.25, 0.3) is 0 Å². The van der Waals surface area contributed by atoms with Gasteiger partial charge in [0.1, 0.15) is 41.2 Å². The summed E-state index contributed by atoms with van der Waals surface area (Å²) in [5, 5.41) is 48.7. The Balaban J connectivity index is 0.883. The normalized spacial score (nSPS) is 29.9. The second-order valence-electron chi connectivity index (χ2n) is 16.2. The van der Waals surface area contributed by atoms with Crippen LogP contribution in [0.1, 0.15) is 77.3 Å². The minimum atomic E-state index is -1.16. The van der Waals surface area contributed by atoms with E-state index in [9.17, 15) is 34.8 Å². The van der Waals surface area contributed by atoms with Gasteiger partial charge < -0.3 is 61.5 Å². The number of aliphatic hydroxyl groups excluding tert-OH is 4. The molecule has 2 aliphatic carbocycles. The third kappa shape index (κ3) is 7.35. The Morgan fingerprint density at radius 3 is 1.48 bits per heavy atom. The van der Waals surface area contributed by atoms with Crippen molar-refractivity contribution < 1.29 is 34.8 Å². The topological polar surface area (TPSA) is 302 Å². The van der Waals surface area contributed by atoms with Crippen LogP contribution in [0, 0.1) is 11.8 Å². The van der Waals surface area contributed by atoms with Gasteiger partial charge in [-0.1, -0.05) is 13.8 Å². The molecule has 58 heavy (non-hydrogen) atoms. The Morgan fingerprint density at radius 1 is 0.672 bits per heavy atom. The molecule has 4 aromatic rings. The molecule has 4 aliphatic rings. The van der Waals surface area contributed by atoms with E-state index < -0.39 is 48.6 Å². The second-order valence-corrected chi connectivity index (χ2v) is 16.2. The second kappa shape index (κ2) is 15.8. The number of nitrogens with zero attached hydrogens (tertiary/aromatic N) is 10. The first-order valence-electron chi connectivity index (χ1n) is 20.2. The van der Waals surface area contributed by atoms with Gasteiger partial charge in [-0.25, -0.2) is 9.97 Å². The first-order chi connectivity index (χ1) is 27.8. The number of aromatic nitrogens is 8. The zero-order chi connectivity index (χ0) is 41.0. The van der Waals surface area contributed by atoms with Crippen molar-refractivity contribution in [3.05, 3.63) is 12.7 Å². The van der Waals surface area contributed by atoms with E-state index in [1.54, 1.807) is 23.0 Å². The highest BCUT2D eigenvalue weighted by Crippen LogP contribution is 2.37. The van der Waals surface area contributed by atoms with Crippen LogP contribution in [-0.2, 0) is 14.4 Å². The summed E-state index contributed by atoms with van der Waals surface area (Å²) < 4.78 is 3.38. The number of amides is 2. The first kappa shape index (κ1) is 39.6.